The predicted molar refractivity (Wildman–Crippen MR) is 107 cm³/mol. The Morgan fingerprint density at radius 3 is 2.43 bits per heavy atom. The highest BCUT2D eigenvalue weighted by molar-refractivity contribution is 6.33. The molecule has 148 valence electrons. The summed E-state index contributed by atoms with van der Waals surface area (Å²) in [7, 11) is 0. The second kappa shape index (κ2) is 10.5. The first-order valence-corrected chi connectivity index (χ1v) is 9.18. The van der Waals surface area contributed by atoms with Crippen molar-refractivity contribution in [3.05, 3.63) is 58.6 Å². The van der Waals surface area contributed by atoms with E-state index in [0.717, 1.165) is 5.56 Å². The second-order valence-electron chi connectivity index (χ2n) is 6.22. The third kappa shape index (κ3) is 7.04. The largest absolute Gasteiger partial charge is 0.494 e. The summed E-state index contributed by atoms with van der Waals surface area (Å²) in [6.45, 7) is 3.33. The van der Waals surface area contributed by atoms with Gasteiger partial charge in [-0.2, -0.15) is 0 Å². The van der Waals surface area contributed by atoms with Crippen molar-refractivity contribution in [2.45, 2.75) is 26.7 Å². The SMILES string of the molecule is CC(=O)c1ccc(OCCCC(=O)OCC(=O)Nc2ccc(C)cc2Cl)cc1. The van der Waals surface area contributed by atoms with Crippen LogP contribution in [0.5, 0.6) is 5.75 Å². The Bertz CT molecular complexity index is 848. The fraction of sp³-hybridized carbons (Fsp3) is 0.286. The lowest BCUT2D eigenvalue weighted by atomic mass is 10.1. The van der Waals surface area contributed by atoms with Crippen LogP contribution in [0, 0.1) is 6.92 Å². The van der Waals surface area contributed by atoms with Crippen molar-refractivity contribution in [3.63, 3.8) is 0 Å². The number of hydrogen-bond acceptors (Lipinski definition) is 5. The van der Waals surface area contributed by atoms with E-state index in [1.807, 2.05) is 13.0 Å². The van der Waals surface area contributed by atoms with E-state index in [0.29, 0.717) is 35.1 Å². The molecular formula is C21H22ClNO5. The number of carbonyl (C=O) groups is 3. The van der Waals surface area contributed by atoms with Gasteiger partial charge in [-0.25, -0.2) is 0 Å². The summed E-state index contributed by atoms with van der Waals surface area (Å²) in [5, 5.41) is 3.02. The highest BCUT2D eigenvalue weighted by Crippen LogP contribution is 2.22. The summed E-state index contributed by atoms with van der Waals surface area (Å²) < 4.78 is 10.5. The lowest BCUT2D eigenvalue weighted by molar-refractivity contribution is -0.147. The van der Waals surface area contributed by atoms with Crippen LogP contribution in [0.1, 0.15) is 35.7 Å². The maximum absolute atomic E-state index is 11.8. The molecule has 6 nitrogen and oxygen atoms in total. The number of rotatable bonds is 9. The number of aryl methyl sites for hydroxylation is 1. The molecule has 0 fully saturated rings. The van der Waals surface area contributed by atoms with Gasteiger partial charge in [0.2, 0.25) is 0 Å². The first-order chi connectivity index (χ1) is 13.3. The second-order valence-corrected chi connectivity index (χ2v) is 6.63. The molecule has 0 aromatic heterocycles. The number of esters is 1. The van der Waals surface area contributed by atoms with Gasteiger partial charge in [0.05, 0.1) is 17.3 Å². The normalized spacial score (nSPS) is 10.2. The minimum absolute atomic E-state index is 0.0111. The average Bonchev–Trinajstić information content (AvgIpc) is 2.66. The summed E-state index contributed by atoms with van der Waals surface area (Å²) >= 11 is 6.04. The van der Waals surface area contributed by atoms with Crippen LogP contribution in [0.2, 0.25) is 5.02 Å². The van der Waals surface area contributed by atoms with Crippen molar-refractivity contribution in [2.24, 2.45) is 0 Å². The van der Waals surface area contributed by atoms with E-state index < -0.39 is 11.9 Å². The fourth-order valence-corrected chi connectivity index (χ4v) is 2.60. The van der Waals surface area contributed by atoms with Crippen LogP contribution in [-0.4, -0.2) is 30.9 Å². The highest BCUT2D eigenvalue weighted by atomic mass is 35.5. The van der Waals surface area contributed by atoms with Gasteiger partial charge >= 0.3 is 5.97 Å². The van der Waals surface area contributed by atoms with Gasteiger partial charge in [-0.15, -0.1) is 0 Å². The summed E-state index contributed by atoms with van der Waals surface area (Å²) in [5.74, 6) is -0.336. The maximum Gasteiger partial charge on any atom is 0.306 e. The first-order valence-electron chi connectivity index (χ1n) is 8.80. The molecule has 28 heavy (non-hydrogen) atoms. The zero-order valence-electron chi connectivity index (χ0n) is 15.8. The molecule has 0 spiro atoms. The van der Waals surface area contributed by atoms with Crippen molar-refractivity contribution in [1.82, 2.24) is 0 Å². The molecule has 0 radical (unpaired) electrons. The molecule has 2 aromatic rings. The number of halogens is 1. The van der Waals surface area contributed by atoms with E-state index in [-0.39, 0.29) is 18.8 Å². The van der Waals surface area contributed by atoms with Crippen molar-refractivity contribution in [2.75, 3.05) is 18.5 Å². The maximum atomic E-state index is 11.8. The third-order valence-corrected chi connectivity index (χ3v) is 4.13. The number of anilines is 1. The first kappa shape index (κ1) is 21.4. The van der Waals surface area contributed by atoms with Crippen molar-refractivity contribution in [3.8, 4) is 5.75 Å². The zero-order valence-corrected chi connectivity index (χ0v) is 16.5. The van der Waals surface area contributed by atoms with E-state index in [9.17, 15) is 14.4 Å². The van der Waals surface area contributed by atoms with Crippen LogP contribution >= 0.6 is 11.6 Å². The molecule has 2 aromatic carbocycles. The van der Waals surface area contributed by atoms with Crippen LogP contribution in [-0.2, 0) is 14.3 Å². The van der Waals surface area contributed by atoms with Crippen molar-refractivity contribution in [1.29, 1.82) is 0 Å². The minimum atomic E-state index is -0.485. The average molecular weight is 404 g/mol. The van der Waals surface area contributed by atoms with Gasteiger partial charge < -0.3 is 14.8 Å². The monoisotopic (exact) mass is 403 g/mol. The van der Waals surface area contributed by atoms with E-state index in [1.165, 1.54) is 6.92 Å². The molecule has 7 heteroatoms. The molecule has 0 bridgehead atoms. The quantitative estimate of drug-likeness (QED) is 0.385. The molecule has 1 N–H and O–H groups in total. The van der Waals surface area contributed by atoms with Gasteiger partial charge in [-0.05, 0) is 62.2 Å². The summed E-state index contributed by atoms with van der Waals surface area (Å²) in [6.07, 6.45) is 0.572. The van der Waals surface area contributed by atoms with E-state index in [1.54, 1.807) is 36.4 Å². The number of amides is 1. The van der Waals surface area contributed by atoms with Crippen molar-refractivity contribution >= 4 is 34.9 Å². The smallest absolute Gasteiger partial charge is 0.306 e. The number of carbonyl (C=O) groups excluding carboxylic acids is 3. The lowest BCUT2D eigenvalue weighted by Crippen LogP contribution is -2.21. The topological polar surface area (TPSA) is 81.7 Å². The lowest BCUT2D eigenvalue weighted by Gasteiger charge is -2.09. The summed E-state index contributed by atoms with van der Waals surface area (Å²) in [4.78, 5) is 34.8. The number of Topliss-reactive ketones (excluding diaryl/α,β-unsaturated/α-hetero) is 1. The third-order valence-electron chi connectivity index (χ3n) is 3.82. The van der Waals surface area contributed by atoms with Crippen LogP contribution in [0.3, 0.4) is 0 Å². The molecule has 0 atom stereocenters. The Morgan fingerprint density at radius 1 is 1.07 bits per heavy atom. The van der Waals surface area contributed by atoms with Crippen LogP contribution in [0.4, 0.5) is 5.69 Å². The molecule has 0 aliphatic rings. The van der Waals surface area contributed by atoms with E-state index in [4.69, 9.17) is 21.1 Å². The van der Waals surface area contributed by atoms with Crippen LogP contribution in [0.25, 0.3) is 0 Å². The number of benzene rings is 2. The Kier molecular flexibility index (Phi) is 8.02. The van der Waals surface area contributed by atoms with Gasteiger partial charge in [-0.1, -0.05) is 17.7 Å². The van der Waals surface area contributed by atoms with Gasteiger partial charge in [0.1, 0.15) is 5.75 Å². The molecule has 1 amide bonds. The van der Waals surface area contributed by atoms with Gasteiger partial charge in [0.15, 0.2) is 12.4 Å². The van der Waals surface area contributed by atoms with Crippen LogP contribution < -0.4 is 10.1 Å². The van der Waals surface area contributed by atoms with E-state index in [2.05, 4.69) is 5.32 Å². The zero-order chi connectivity index (χ0) is 20.5. The Balaban J connectivity index is 1.64. The van der Waals surface area contributed by atoms with Crippen molar-refractivity contribution < 1.29 is 23.9 Å². The Morgan fingerprint density at radius 2 is 1.79 bits per heavy atom. The van der Waals surface area contributed by atoms with Gasteiger partial charge in [-0.3, -0.25) is 14.4 Å². The number of ketones is 1. The highest BCUT2D eigenvalue weighted by Gasteiger charge is 2.10. The summed E-state index contributed by atoms with van der Waals surface area (Å²) in [5.41, 5.74) is 2.06. The molecule has 2 rings (SSSR count). The minimum Gasteiger partial charge on any atom is -0.494 e. The molecule has 0 saturated heterocycles. The Labute approximate surface area is 168 Å². The van der Waals surface area contributed by atoms with Crippen LogP contribution in [0.15, 0.2) is 42.5 Å². The van der Waals surface area contributed by atoms with E-state index >= 15 is 0 Å². The molecule has 0 aliphatic carbocycles. The summed E-state index contributed by atoms with van der Waals surface area (Å²) in [6, 6.07) is 12.0. The number of nitrogens with one attached hydrogen (secondary N) is 1. The molecule has 0 saturated carbocycles. The molecule has 0 aliphatic heterocycles. The predicted octanol–water partition coefficient (Wildman–Crippen LogP) is 4.19. The van der Waals surface area contributed by atoms with Gasteiger partial charge in [0, 0.05) is 12.0 Å². The number of ether oxygens (including phenoxy) is 2. The molecule has 0 heterocycles. The fourth-order valence-electron chi connectivity index (χ4n) is 2.32. The molecule has 0 unspecified atom stereocenters. The molecular weight excluding hydrogens is 382 g/mol. The standard InChI is InChI=1S/C21H22ClNO5/c1-14-5-10-19(18(22)12-14)23-20(25)13-28-21(26)4-3-11-27-17-8-6-16(7-9-17)15(2)24/h5-10,12H,3-4,11,13H2,1-2H3,(H,23,25). The number of hydrogen-bond donors (Lipinski definition) is 1. The van der Waals surface area contributed by atoms with Gasteiger partial charge in [0.25, 0.3) is 5.91 Å². The Hall–Kier alpha value is -2.86.